The van der Waals surface area contributed by atoms with Crippen molar-refractivity contribution in [2.24, 2.45) is 0 Å². The van der Waals surface area contributed by atoms with E-state index in [0.29, 0.717) is 6.54 Å². The molecule has 2 N–H and O–H groups in total. The molecule has 1 heterocycles. The lowest BCUT2D eigenvalue weighted by Gasteiger charge is -2.06. The Morgan fingerprint density at radius 1 is 1.38 bits per heavy atom. The average molecular weight is 362 g/mol. The number of rotatable bonds is 8. The molecule has 0 atom stereocenters. The van der Waals surface area contributed by atoms with E-state index in [0.717, 1.165) is 28.3 Å². The van der Waals surface area contributed by atoms with Crippen LogP contribution in [0.2, 0.25) is 0 Å². The van der Waals surface area contributed by atoms with Gasteiger partial charge < -0.3 is 5.32 Å². The lowest BCUT2D eigenvalue weighted by Crippen LogP contribution is -2.26. The van der Waals surface area contributed by atoms with Crippen LogP contribution in [0.25, 0.3) is 0 Å². The molecular formula is C11H17F3N2O2S3. The first-order valence-electron chi connectivity index (χ1n) is 6.16. The van der Waals surface area contributed by atoms with Gasteiger partial charge in [-0.1, -0.05) is 6.92 Å². The first-order valence-corrected chi connectivity index (χ1v) is 9.44. The molecule has 122 valence electrons. The van der Waals surface area contributed by atoms with E-state index in [9.17, 15) is 21.6 Å². The number of hydrogen-bond acceptors (Lipinski definition) is 5. The molecule has 10 heteroatoms. The number of halogens is 3. The molecule has 0 amide bonds. The smallest absolute Gasteiger partial charge is 0.312 e. The fraction of sp³-hybridized carbons (Fsp3) is 0.636. The SMILES string of the molecule is CCNCc1sc(S(=O)(=O)NCCSC(F)(F)F)cc1C. The summed E-state index contributed by atoms with van der Waals surface area (Å²) in [5.74, 6) is -0.350. The molecule has 0 bridgehead atoms. The lowest BCUT2D eigenvalue weighted by molar-refractivity contribution is -0.0327. The summed E-state index contributed by atoms with van der Waals surface area (Å²) in [6.45, 7) is 4.84. The Bertz CT molecular complexity index is 556. The summed E-state index contributed by atoms with van der Waals surface area (Å²) >= 11 is 0.883. The summed E-state index contributed by atoms with van der Waals surface area (Å²) in [6.07, 6.45) is 0. The molecule has 21 heavy (non-hydrogen) atoms. The normalized spacial score (nSPS) is 12.8. The van der Waals surface area contributed by atoms with E-state index in [-0.39, 0.29) is 28.3 Å². The van der Waals surface area contributed by atoms with Crippen LogP contribution in [0.5, 0.6) is 0 Å². The summed E-state index contributed by atoms with van der Waals surface area (Å²) in [5, 5.41) is 3.11. The van der Waals surface area contributed by atoms with Gasteiger partial charge in [0.2, 0.25) is 10.0 Å². The van der Waals surface area contributed by atoms with Crippen molar-refractivity contribution in [3.63, 3.8) is 0 Å². The maximum atomic E-state index is 12.0. The third kappa shape index (κ3) is 6.55. The summed E-state index contributed by atoms with van der Waals surface area (Å²) in [6, 6.07) is 1.54. The van der Waals surface area contributed by atoms with Gasteiger partial charge >= 0.3 is 5.51 Å². The number of thioether (sulfide) groups is 1. The number of thiophene rings is 1. The predicted octanol–water partition coefficient (Wildman–Crippen LogP) is 2.70. The molecule has 4 nitrogen and oxygen atoms in total. The van der Waals surface area contributed by atoms with Crippen LogP contribution >= 0.6 is 23.1 Å². The molecule has 1 rings (SSSR count). The Hall–Kier alpha value is -0.290. The van der Waals surface area contributed by atoms with Crippen molar-refractivity contribution in [1.29, 1.82) is 0 Å². The Morgan fingerprint density at radius 3 is 2.62 bits per heavy atom. The Kier molecular flexibility index (Phi) is 6.98. The van der Waals surface area contributed by atoms with Gasteiger partial charge in [-0.15, -0.1) is 11.3 Å². The van der Waals surface area contributed by atoms with Crippen LogP contribution in [0.4, 0.5) is 13.2 Å². The topological polar surface area (TPSA) is 58.2 Å². The van der Waals surface area contributed by atoms with Gasteiger partial charge in [-0.2, -0.15) is 13.2 Å². The third-order valence-electron chi connectivity index (χ3n) is 2.46. The van der Waals surface area contributed by atoms with Gasteiger partial charge in [0.05, 0.1) is 0 Å². The highest BCUT2D eigenvalue weighted by Gasteiger charge is 2.28. The second-order valence-electron chi connectivity index (χ2n) is 4.14. The molecule has 0 saturated carbocycles. The Morgan fingerprint density at radius 2 is 2.05 bits per heavy atom. The van der Waals surface area contributed by atoms with Crippen LogP contribution in [-0.4, -0.2) is 32.8 Å². The van der Waals surface area contributed by atoms with Crippen LogP contribution in [0.15, 0.2) is 10.3 Å². The zero-order valence-electron chi connectivity index (χ0n) is 11.6. The maximum Gasteiger partial charge on any atom is 0.441 e. The largest absolute Gasteiger partial charge is 0.441 e. The van der Waals surface area contributed by atoms with Crippen molar-refractivity contribution in [3.05, 3.63) is 16.5 Å². The van der Waals surface area contributed by atoms with E-state index in [1.807, 2.05) is 13.8 Å². The second-order valence-corrected chi connectivity index (χ2v) is 8.43. The number of nitrogens with one attached hydrogen (secondary N) is 2. The highest BCUT2D eigenvalue weighted by Crippen LogP contribution is 2.30. The first kappa shape index (κ1) is 18.8. The van der Waals surface area contributed by atoms with Crippen molar-refractivity contribution in [3.8, 4) is 0 Å². The molecule has 0 aliphatic carbocycles. The summed E-state index contributed by atoms with van der Waals surface area (Å²) in [4.78, 5) is 0.905. The van der Waals surface area contributed by atoms with Gasteiger partial charge in [-0.3, -0.25) is 0 Å². The van der Waals surface area contributed by atoms with E-state index < -0.39 is 15.5 Å². The summed E-state index contributed by atoms with van der Waals surface area (Å²) in [7, 11) is -3.74. The zero-order valence-corrected chi connectivity index (χ0v) is 14.0. The minimum absolute atomic E-state index is 0.130. The minimum Gasteiger partial charge on any atom is -0.312 e. The molecule has 0 aromatic carbocycles. The van der Waals surface area contributed by atoms with Gasteiger partial charge in [0.15, 0.2) is 0 Å². The summed E-state index contributed by atoms with van der Waals surface area (Å²) in [5.41, 5.74) is -3.49. The van der Waals surface area contributed by atoms with Crippen molar-refractivity contribution in [2.75, 3.05) is 18.8 Å². The predicted molar refractivity (Wildman–Crippen MR) is 80.1 cm³/mol. The number of sulfonamides is 1. The molecule has 0 unspecified atom stereocenters. The number of hydrogen-bond donors (Lipinski definition) is 2. The highest BCUT2D eigenvalue weighted by molar-refractivity contribution is 8.00. The van der Waals surface area contributed by atoms with Gasteiger partial charge in [0, 0.05) is 23.7 Å². The standard InChI is InChI=1S/C11H17F3N2O2S3/c1-3-15-7-9-8(2)6-10(20-9)21(17,18)16-4-5-19-11(12,13)14/h6,15-16H,3-5,7H2,1-2H3. The minimum atomic E-state index is -4.34. The highest BCUT2D eigenvalue weighted by atomic mass is 32.2. The lowest BCUT2D eigenvalue weighted by atomic mass is 10.3. The van der Waals surface area contributed by atoms with E-state index >= 15 is 0 Å². The molecule has 0 spiro atoms. The average Bonchev–Trinajstić information content (AvgIpc) is 2.73. The van der Waals surface area contributed by atoms with E-state index in [1.165, 1.54) is 6.07 Å². The fourth-order valence-electron chi connectivity index (χ4n) is 1.45. The molecule has 1 aromatic rings. The molecule has 0 aliphatic rings. The van der Waals surface area contributed by atoms with Gasteiger partial charge in [0.1, 0.15) is 4.21 Å². The monoisotopic (exact) mass is 362 g/mol. The number of alkyl halides is 3. The van der Waals surface area contributed by atoms with E-state index in [2.05, 4.69) is 10.0 Å². The van der Waals surface area contributed by atoms with Crippen molar-refractivity contribution >= 4 is 33.1 Å². The third-order valence-corrected chi connectivity index (χ3v) is 6.37. The fourth-order valence-corrected chi connectivity index (χ4v) is 4.65. The van der Waals surface area contributed by atoms with E-state index in [4.69, 9.17) is 0 Å². The molecular weight excluding hydrogens is 345 g/mol. The van der Waals surface area contributed by atoms with Crippen LogP contribution in [0.1, 0.15) is 17.4 Å². The van der Waals surface area contributed by atoms with Gasteiger partial charge in [-0.25, -0.2) is 13.1 Å². The number of aryl methyl sites for hydroxylation is 1. The zero-order chi connectivity index (χ0) is 16.1. The van der Waals surface area contributed by atoms with Crippen molar-refractivity contribution < 1.29 is 21.6 Å². The van der Waals surface area contributed by atoms with Crippen molar-refractivity contribution in [2.45, 2.75) is 30.1 Å². The Labute approximate surface area is 130 Å². The summed E-state index contributed by atoms with van der Waals surface area (Å²) < 4.78 is 62.1. The molecule has 0 saturated heterocycles. The second kappa shape index (κ2) is 7.82. The van der Waals surface area contributed by atoms with Crippen LogP contribution < -0.4 is 10.0 Å². The first-order chi connectivity index (χ1) is 9.65. The maximum absolute atomic E-state index is 12.0. The van der Waals surface area contributed by atoms with Gasteiger partial charge in [0.25, 0.3) is 0 Å². The van der Waals surface area contributed by atoms with Gasteiger partial charge in [-0.05, 0) is 36.9 Å². The molecule has 0 fully saturated rings. The molecule has 0 radical (unpaired) electrons. The van der Waals surface area contributed by atoms with Crippen LogP contribution in [0.3, 0.4) is 0 Å². The Balaban J connectivity index is 2.62. The molecule has 0 aliphatic heterocycles. The van der Waals surface area contributed by atoms with Crippen molar-refractivity contribution in [1.82, 2.24) is 10.0 Å². The van der Waals surface area contributed by atoms with Crippen LogP contribution in [0, 0.1) is 6.92 Å². The molecule has 1 aromatic heterocycles. The van der Waals surface area contributed by atoms with E-state index in [1.54, 1.807) is 0 Å². The van der Waals surface area contributed by atoms with Crippen LogP contribution in [-0.2, 0) is 16.6 Å². The quantitative estimate of drug-likeness (QED) is 0.698.